The van der Waals surface area contributed by atoms with E-state index in [2.05, 4.69) is 21.9 Å². The summed E-state index contributed by atoms with van der Waals surface area (Å²) in [5.41, 5.74) is 5.97. The number of fused-ring (bicyclic) bond motifs is 1. The molecule has 0 aliphatic carbocycles. The van der Waals surface area contributed by atoms with Crippen LogP contribution in [0.2, 0.25) is 0 Å². The first-order valence-corrected chi connectivity index (χ1v) is 13.0. The predicted molar refractivity (Wildman–Crippen MR) is 134 cm³/mol. The van der Waals surface area contributed by atoms with Crippen molar-refractivity contribution in [2.75, 3.05) is 25.6 Å². The van der Waals surface area contributed by atoms with Crippen LogP contribution in [0.4, 0.5) is 5.95 Å². The number of unbranched alkanes of at least 4 members (excludes halogenated alkanes) is 13. The molecule has 0 saturated carbocycles. The molecule has 8 nitrogen and oxygen atoms in total. The molecule has 0 aliphatic rings. The Balaban J connectivity index is 1.47. The molecule has 0 radical (unpaired) electrons. The largest absolute Gasteiger partial charge is 0.396 e. The number of aliphatic hydroxyl groups is 1. The molecule has 188 valence electrons. The van der Waals surface area contributed by atoms with Crippen molar-refractivity contribution in [2.24, 2.45) is 5.92 Å². The molecule has 2 rings (SSSR count). The fourth-order valence-corrected chi connectivity index (χ4v) is 4.19. The Morgan fingerprint density at radius 1 is 1.00 bits per heavy atom. The maximum Gasteiger partial charge on any atom is 0.280 e. The van der Waals surface area contributed by atoms with Gasteiger partial charge in [-0.25, -0.2) is 4.98 Å². The van der Waals surface area contributed by atoms with Gasteiger partial charge in [0, 0.05) is 25.7 Å². The van der Waals surface area contributed by atoms with Crippen molar-refractivity contribution in [3.63, 3.8) is 0 Å². The molecular formula is C25H45N5O3. The van der Waals surface area contributed by atoms with E-state index in [1.807, 2.05) is 0 Å². The van der Waals surface area contributed by atoms with Gasteiger partial charge in [0.1, 0.15) is 0 Å². The number of hydrogen-bond acceptors (Lipinski definition) is 6. The zero-order chi connectivity index (χ0) is 23.7. The number of aliphatic hydroxyl groups excluding tert-OH is 1. The zero-order valence-electron chi connectivity index (χ0n) is 20.6. The van der Waals surface area contributed by atoms with Gasteiger partial charge in [0.2, 0.25) is 5.95 Å². The fraction of sp³-hybridized carbons (Fsp3) is 0.800. The maximum absolute atomic E-state index is 11.9. The molecule has 2 aromatic heterocycles. The number of aromatic amines is 1. The summed E-state index contributed by atoms with van der Waals surface area (Å²) in [6, 6.07) is 0. The van der Waals surface area contributed by atoms with Crippen molar-refractivity contribution in [1.29, 1.82) is 0 Å². The van der Waals surface area contributed by atoms with E-state index in [9.17, 15) is 9.90 Å². The van der Waals surface area contributed by atoms with E-state index in [-0.39, 0.29) is 29.5 Å². The van der Waals surface area contributed by atoms with Gasteiger partial charge >= 0.3 is 0 Å². The molecule has 2 aromatic rings. The molecule has 33 heavy (non-hydrogen) atoms. The van der Waals surface area contributed by atoms with Crippen LogP contribution in [0.3, 0.4) is 0 Å². The summed E-state index contributed by atoms with van der Waals surface area (Å²) in [4.78, 5) is 22.6. The fourth-order valence-electron chi connectivity index (χ4n) is 4.19. The number of aromatic nitrogens is 4. The Bertz CT molecular complexity index is 820. The number of nitrogens with zero attached hydrogens (tertiary/aromatic N) is 3. The molecule has 0 aliphatic heterocycles. The summed E-state index contributed by atoms with van der Waals surface area (Å²) in [6.07, 6.45) is 20.3. The quantitative estimate of drug-likeness (QED) is 0.242. The molecule has 2 heterocycles. The lowest BCUT2D eigenvalue weighted by atomic mass is 10.0. The van der Waals surface area contributed by atoms with Crippen LogP contribution in [-0.4, -0.2) is 44.4 Å². The SMILES string of the molecule is CCCCCCCCCCCCCCCCOCC(CO)Cn1cnc2c(=O)[nH]c(N)nc21. The van der Waals surface area contributed by atoms with Crippen molar-refractivity contribution in [3.05, 3.63) is 16.7 Å². The summed E-state index contributed by atoms with van der Waals surface area (Å²) in [7, 11) is 0. The highest BCUT2D eigenvalue weighted by Gasteiger charge is 2.14. The summed E-state index contributed by atoms with van der Waals surface area (Å²) in [5, 5.41) is 9.70. The van der Waals surface area contributed by atoms with Crippen LogP contribution in [0.15, 0.2) is 11.1 Å². The summed E-state index contributed by atoms with van der Waals surface area (Å²) in [6.45, 7) is 3.92. The van der Waals surface area contributed by atoms with E-state index in [4.69, 9.17) is 10.5 Å². The zero-order valence-corrected chi connectivity index (χ0v) is 20.6. The molecule has 0 saturated heterocycles. The van der Waals surface area contributed by atoms with Crippen LogP contribution in [0.1, 0.15) is 96.8 Å². The molecule has 0 aromatic carbocycles. The minimum Gasteiger partial charge on any atom is -0.396 e. The number of ether oxygens (including phenoxy) is 1. The van der Waals surface area contributed by atoms with E-state index in [1.165, 1.54) is 83.5 Å². The Hall–Kier alpha value is -1.93. The van der Waals surface area contributed by atoms with Crippen LogP contribution >= 0.6 is 0 Å². The normalized spacial score (nSPS) is 12.5. The third kappa shape index (κ3) is 10.7. The Morgan fingerprint density at radius 2 is 1.58 bits per heavy atom. The second kappa shape index (κ2) is 16.6. The van der Waals surface area contributed by atoms with Gasteiger partial charge < -0.3 is 20.1 Å². The highest BCUT2D eigenvalue weighted by molar-refractivity contribution is 5.70. The maximum atomic E-state index is 11.9. The second-order valence-electron chi connectivity index (χ2n) is 9.24. The van der Waals surface area contributed by atoms with Gasteiger partial charge in [-0.05, 0) is 6.42 Å². The molecule has 4 N–H and O–H groups in total. The van der Waals surface area contributed by atoms with Gasteiger partial charge in [-0.2, -0.15) is 4.98 Å². The molecule has 8 heteroatoms. The highest BCUT2D eigenvalue weighted by Crippen LogP contribution is 2.14. The van der Waals surface area contributed by atoms with Gasteiger partial charge in [0.25, 0.3) is 5.56 Å². The molecule has 1 atom stereocenters. The van der Waals surface area contributed by atoms with Crippen LogP contribution in [0, 0.1) is 5.92 Å². The molecular weight excluding hydrogens is 418 g/mol. The number of imidazole rings is 1. The van der Waals surface area contributed by atoms with Crippen LogP contribution in [0.25, 0.3) is 11.2 Å². The van der Waals surface area contributed by atoms with Crippen molar-refractivity contribution >= 4 is 17.1 Å². The number of nitrogens with one attached hydrogen (secondary N) is 1. The first-order chi connectivity index (χ1) is 16.2. The number of rotatable bonds is 20. The van der Waals surface area contributed by atoms with E-state index in [0.717, 1.165) is 6.42 Å². The lowest BCUT2D eigenvalue weighted by Gasteiger charge is -2.15. The van der Waals surface area contributed by atoms with E-state index in [1.54, 1.807) is 10.9 Å². The van der Waals surface area contributed by atoms with E-state index < -0.39 is 0 Å². The molecule has 0 amide bonds. The Morgan fingerprint density at radius 3 is 2.15 bits per heavy atom. The smallest absolute Gasteiger partial charge is 0.280 e. The van der Waals surface area contributed by atoms with Crippen molar-refractivity contribution in [1.82, 2.24) is 19.5 Å². The standard InChI is InChI=1S/C25H45N5O3/c1-2-3-4-5-6-7-8-9-10-11-12-13-14-15-16-33-19-21(18-31)17-30-20-27-22-23(30)28-25(26)29-24(22)32/h20-21,31H,2-19H2,1H3,(H3,26,28,29,32). The first-order valence-electron chi connectivity index (χ1n) is 13.0. The Kier molecular flexibility index (Phi) is 13.8. The van der Waals surface area contributed by atoms with Gasteiger partial charge in [-0.15, -0.1) is 0 Å². The average Bonchev–Trinajstić information content (AvgIpc) is 3.20. The lowest BCUT2D eigenvalue weighted by Crippen LogP contribution is -2.21. The number of nitrogens with two attached hydrogens (primary N) is 1. The minimum absolute atomic E-state index is 0.00289. The Labute approximate surface area is 198 Å². The third-order valence-electron chi connectivity index (χ3n) is 6.20. The molecule has 0 spiro atoms. The van der Waals surface area contributed by atoms with Crippen LogP contribution in [0.5, 0.6) is 0 Å². The first kappa shape index (κ1) is 27.3. The van der Waals surface area contributed by atoms with Crippen molar-refractivity contribution in [2.45, 2.75) is 103 Å². The second-order valence-corrected chi connectivity index (χ2v) is 9.24. The van der Waals surface area contributed by atoms with Gasteiger partial charge in [0.05, 0.1) is 12.9 Å². The molecule has 0 bridgehead atoms. The average molecular weight is 464 g/mol. The van der Waals surface area contributed by atoms with Crippen LogP contribution < -0.4 is 11.3 Å². The van der Waals surface area contributed by atoms with Crippen molar-refractivity contribution in [3.8, 4) is 0 Å². The topological polar surface area (TPSA) is 119 Å². The summed E-state index contributed by atoms with van der Waals surface area (Å²) < 4.78 is 7.54. The van der Waals surface area contributed by atoms with Gasteiger partial charge in [-0.1, -0.05) is 90.4 Å². The number of anilines is 1. The van der Waals surface area contributed by atoms with Gasteiger partial charge in [0.15, 0.2) is 11.2 Å². The number of nitrogen functional groups attached to an aromatic ring is 1. The minimum atomic E-state index is -0.356. The molecule has 1 unspecified atom stereocenters. The third-order valence-corrected chi connectivity index (χ3v) is 6.20. The monoisotopic (exact) mass is 463 g/mol. The predicted octanol–water partition coefficient (Wildman–Crippen LogP) is 4.81. The highest BCUT2D eigenvalue weighted by atomic mass is 16.5. The number of H-pyrrole nitrogens is 1. The summed E-state index contributed by atoms with van der Waals surface area (Å²) in [5.74, 6) is -0.0276. The van der Waals surface area contributed by atoms with Crippen molar-refractivity contribution < 1.29 is 9.84 Å². The van der Waals surface area contributed by atoms with Crippen LogP contribution in [-0.2, 0) is 11.3 Å². The lowest BCUT2D eigenvalue weighted by molar-refractivity contribution is 0.0640. The van der Waals surface area contributed by atoms with Gasteiger partial charge in [-0.3, -0.25) is 9.78 Å². The number of hydrogen-bond donors (Lipinski definition) is 3. The van der Waals surface area contributed by atoms with E-state index >= 15 is 0 Å². The summed E-state index contributed by atoms with van der Waals surface area (Å²) >= 11 is 0. The van der Waals surface area contributed by atoms with E-state index in [0.29, 0.717) is 25.4 Å². The molecule has 0 fully saturated rings.